The van der Waals surface area contributed by atoms with E-state index in [1.54, 1.807) is 0 Å². The van der Waals surface area contributed by atoms with Gasteiger partial charge in [-0.05, 0) is 30.9 Å². The third-order valence-corrected chi connectivity index (χ3v) is 6.54. The molecular formula is C20H19NO7. The lowest BCUT2D eigenvalue weighted by atomic mass is 9.52. The fraction of sp³-hybridized carbons (Fsp3) is 0.450. The topological polar surface area (TPSA) is 152 Å². The summed E-state index contributed by atoms with van der Waals surface area (Å²) in [4.78, 5) is 62.8. The van der Waals surface area contributed by atoms with Crippen molar-refractivity contribution in [1.82, 2.24) is 0 Å². The summed E-state index contributed by atoms with van der Waals surface area (Å²) in [6.45, 7) is 1.46. The van der Waals surface area contributed by atoms with E-state index in [2.05, 4.69) is 0 Å². The highest BCUT2D eigenvalue weighted by Gasteiger charge is 2.61. The van der Waals surface area contributed by atoms with Crippen LogP contribution in [0, 0.1) is 29.6 Å². The number of carbonyl (C=O) groups excluding carboxylic acids is 5. The minimum Gasteiger partial charge on any atom is -0.507 e. The molecule has 0 spiro atoms. The van der Waals surface area contributed by atoms with Crippen LogP contribution in [0.15, 0.2) is 18.2 Å². The van der Waals surface area contributed by atoms with Crippen LogP contribution in [-0.2, 0) is 24.8 Å². The maximum absolute atomic E-state index is 13.2. The smallest absolute Gasteiger partial charge is 0.235 e. The second kappa shape index (κ2) is 5.81. The number of nitrogens with two attached hydrogens (primary N) is 1. The summed E-state index contributed by atoms with van der Waals surface area (Å²) in [6.07, 6.45) is -0.0893. The SMILES string of the molecule is C[C@@]1(O)c2cccc(O)c2C(=O)C2C(=O)C3C(=O)C(C(N)=O)C(=O)CC3CC21. The van der Waals surface area contributed by atoms with Gasteiger partial charge in [-0.1, -0.05) is 12.1 Å². The summed E-state index contributed by atoms with van der Waals surface area (Å²) in [5.74, 6) is -10.2. The average molecular weight is 385 g/mol. The lowest BCUT2D eigenvalue weighted by Gasteiger charge is -2.49. The van der Waals surface area contributed by atoms with E-state index in [4.69, 9.17) is 5.73 Å². The highest BCUT2D eigenvalue weighted by atomic mass is 16.3. The van der Waals surface area contributed by atoms with Gasteiger partial charge in [-0.15, -0.1) is 0 Å². The van der Waals surface area contributed by atoms with Gasteiger partial charge in [0.1, 0.15) is 5.75 Å². The Morgan fingerprint density at radius 2 is 1.82 bits per heavy atom. The molecule has 5 unspecified atom stereocenters. The van der Waals surface area contributed by atoms with Gasteiger partial charge in [0, 0.05) is 12.3 Å². The van der Waals surface area contributed by atoms with Crippen molar-refractivity contribution in [3.8, 4) is 5.75 Å². The Hall–Kier alpha value is -2.87. The molecule has 8 heteroatoms. The largest absolute Gasteiger partial charge is 0.507 e. The van der Waals surface area contributed by atoms with E-state index in [0.717, 1.165) is 0 Å². The second-order valence-electron chi connectivity index (χ2n) is 8.08. The van der Waals surface area contributed by atoms with Crippen LogP contribution in [0.2, 0.25) is 0 Å². The molecule has 2 fully saturated rings. The monoisotopic (exact) mass is 385 g/mol. The average Bonchev–Trinajstić information content (AvgIpc) is 2.58. The Labute approximate surface area is 159 Å². The first-order valence-corrected chi connectivity index (χ1v) is 9.05. The van der Waals surface area contributed by atoms with Gasteiger partial charge in [0.05, 0.1) is 23.0 Å². The summed E-state index contributed by atoms with van der Waals surface area (Å²) in [7, 11) is 0. The number of rotatable bonds is 1. The second-order valence-corrected chi connectivity index (χ2v) is 8.08. The maximum atomic E-state index is 13.2. The number of primary amides is 1. The number of aliphatic hydroxyl groups is 1. The van der Waals surface area contributed by atoms with Gasteiger partial charge in [0.25, 0.3) is 0 Å². The number of hydrogen-bond acceptors (Lipinski definition) is 7. The van der Waals surface area contributed by atoms with E-state index in [-0.39, 0.29) is 29.7 Å². The Morgan fingerprint density at radius 1 is 1.14 bits per heavy atom. The third-order valence-electron chi connectivity index (χ3n) is 6.54. The van der Waals surface area contributed by atoms with Gasteiger partial charge >= 0.3 is 0 Å². The number of carbonyl (C=O) groups is 5. The minimum absolute atomic E-state index is 0.0951. The zero-order valence-electron chi connectivity index (χ0n) is 15.0. The Kier molecular flexibility index (Phi) is 3.84. The zero-order chi connectivity index (χ0) is 20.5. The van der Waals surface area contributed by atoms with E-state index in [1.807, 2.05) is 0 Å². The summed E-state index contributed by atoms with van der Waals surface area (Å²) < 4.78 is 0. The number of Topliss-reactive ketones (excluding diaryl/α,β-unsaturated/α-hetero) is 4. The van der Waals surface area contributed by atoms with Crippen LogP contribution in [0.3, 0.4) is 0 Å². The molecule has 4 N–H and O–H groups in total. The van der Waals surface area contributed by atoms with Crippen LogP contribution in [0.4, 0.5) is 0 Å². The number of hydrogen-bond donors (Lipinski definition) is 3. The van der Waals surface area contributed by atoms with Crippen LogP contribution in [0.25, 0.3) is 0 Å². The molecule has 0 aromatic heterocycles. The molecule has 8 nitrogen and oxygen atoms in total. The van der Waals surface area contributed by atoms with Crippen molar-refractivity contribution in [3.63, 3.8) is 0 Å². The van der Waals surface area contributed by atoms with Gasteiger partial charge in [0.15, 0.2) is 29.1 Å². The molecule has 28 heavy (non-hydrogen) atoms. The Bertz CT molecular complexity index is 963. The number of aromatic hydroxyl groups is 1. The standard InChI is InChI=1S/C20H19NO7/c1-20(28)8-3-2-4-10(22)13(8)18(26)14-9(20)5-7-6-11(23)15(19(21)27)17(25)12(7)16(14)24/h2-4,7,9,12,14-15,22,28H,5-6H2,1H3,(H2,21,27)/t7?,9?,12?,14?,15?,20-/m1/s1. The highest BCUT2D eigenvalue weighted by molar-refractivity contribution is 6.27. The van der Waals surface area contributed by atoms with Crippen LogP contribution < -0.4 is 5.73 Å². The summed E-state index contributed by atoms with van der Waals surface area (Å²) in [6, 6.07) is 4.30. The quantitative estimate of drug-likeness (QED) is 0.570. The molecule has 4 rings (SSSR count). The summed E-state index contributed by atoms with van der Waals surface area (Å²) in [5.41, 5.74) is 3.64. The van der Waals surface area contributed by atoms with Gasteiger partial charge in [-0.25, -0.2) is 0 Å². The van der Waals surface area contributed by atoms with E-state index >= 15 is 0 Å². The molecule has 1 aromatic carbocycles. The first-order valence-electron chi connectivity index (χ1n) is 9.05. The molecule has 2 saturated carbocycles. The Morgan fingerprint density at radius 3 is 2.46 bits per heavy atom. The van der Waals surface area contributed by atoms with Gasteiger partial charge < -0.3 is 15.9 Å². The lowest BCUT2D eigenvalue weighted by molar-refractivity contribution is -0.157. The van der Waals surface area contributed by atoms with E-state index < -0.39 is 64.2 Å². The van der Waals surface area contributed by atoms with Crippen LogP contribution in [0.5, 0.6) is 5.75 Å². The van der Waals surface area contributed by atoms with Crippen LogP contribution in [0.1, 0.15) is 35.7 Å². The predicted octanol–water partition coefficient (Wildman–Crippen LogP) is -0.123. The first-order chi connectivity index (χ1) is 13.1. The molecule has 3 aliphatic carbocycles. The van der Waals surface area contributed by atoms with Gasteiger partial charge in [0.2, 0.25) is 5.91 Å². The number of phenols is 1. The van der Waals surface area contributed by atoms with E-state index in [1.165, 1.54) is 25.1 Å². The molecule has 0 bridgehead atoms. The number of phenolic OH excluding ortho intramolecular Hbond substituents is 1. The number of benzene rings is 1. The summed E-state index contributed by atoms with van der Waals surface area (Å²) >= 11 is 0. The first kappa shape index (κ1) is 18.5. The fourth-order valence-electron chi connectivity index (χ4n) is 5.25. The van der Waals surface area contributed by atoms with E-state index in [0.29, 0.717) is 0 Å². The normalized spacial score (nSPS) is 37.1. The molecule has 6 atom stereocenters. The zero-order valence-corrected chi connectivity index (χ0v) is 15.0. The molecule has 0 heterocycles. The molecule has 0 saturated heterocycles. The van der Waals surface area contributed by atoms with Crippen molar-refractivity contribution >= 4 is 29.0 Å². The third kappa shape index (κ3) is 2.24. The molecule has 1 aromatic rings. The molecule has 0 radical (unpaired) electrons. The predicted molar refractivity (Wildman–Crippen MR) is 92.9 cm³/mol. The fourth-order valence-corrected chi connectivity index (χ4v) is 5.25. The van der Waals surface area contributed by atoms with Crippen molar-refractivity contribution < 1.29 is 34.2 Å². The lowest BCUT2D eigenvalue weighted by Crippen LogP contribution is -2.60. The molecule has 3 aliphatic rings. The van der Waals surface area contributed by atoms with Crippen molar-refractivity contribution in [3.05, 3.63) is 29.3 Å². The number of amides is 1. The molecular weight excluding hydrogens is 366 g/mol. The van der Waals surface area contributed by atoms with Crippen molar-refractivity contribution in [2.24, 2.45) is 35.3 Å². The van der Waals surface area contributed by atoms with Gasteiger partial charge in [-0.2, -0.15) is 0 Å². The minimum atomic E-state index is -1.68. The van der Waals surface area contributed by atoms with Crippen molar-refractivity contribution in [2.45, 2.75) is 25.4 Å². The Balaban J connectivity index is 1.84. The molecule has 146 valence electrons. The number of ketones is 4. The van der Waals surface area contributed by atoms with Crippen molar-refractivity contribution in [2.75, 3.05) is 0 Å². The summed E-state index contributed by atoms with van der Waals surface area (Å²) in [5, 5.41) is 21.3. The van der Waals surface area contributed by atoms with Crippen molar-refractivity contribution in [1.29, 1.82) is 0 Å². The number of fused-ring (bicyclic) bond motifs is 3. The van der Waals surface area contributed by atoms with Crippen LogP contribution >= 0.6 is 0 Å². The van der Waals surface area contributed by atoms with E-state index in [9.17, 15) is 34.2 Å². The highest BCUT2D eigenvalue weighted by Crippen LogP contribution is 2.53. The molecule has 0 aliphatic heterocycles. The molecule has 1 amide bonds. The maximum Gasteiger partial charge on any atom is 0.235 e. The van der Waals surface area contributed by atoms with Crippen LogP contribution in [-0.4, -0.2) is 39.3 Å². The van der Waals surface area contributed by atoms with Gasteiger partial charge in [-0.3, -0.25) is 24.0 Å².